The maximum Gasteiger partial charge on any atom is 0.342 e. The number of carbonyl (C=O) groups is 1. The Hall–Kier alpha value is -1.59. The second-order valence-electron chi connectivity index (χ2n) is 5.81. The highest BCUT2D eigenvalue weighted by molar-refractivity contribution is 5.83. The van der Waals surface area contributed by atoms with Crippen LogP contribution in [0.25, 0.3) is 0 Å². The number of hydrogen-bond donors (Lipinski definition) is 0. The number of aryl methyl sites for hydroxylation is 1. The van der Waals surface area contributed by atoms with Gasteiger partial charge in [0.25, 0.3) is 0 Å². The molecule has 1 aromatic rings. The summed E-state index contributed by atoms with van der Waals surface area (Å²) in [5.74, 6) is 0.284. The normalized spacial score (nSPS) is 21.9. The predicted octanol–water partition coefficient (Wildman–Crippen LogP) is 2.84. The second-order valence-corrected chi connectivity index (χ2v) is 5.81. The molecule has 1 fully saturated rings. The molecular weight excluding hydrogens is 296 g/mol. The number of rotatable bonds is 7. The summed E-state index contributed by atoms with van der Waals surface area (Å²) >= 11 is 0. The van der Waals surface area contributed by atoms with Crippen molar-refractivity contribution in [2.45, 2.75) is 44.8 Å². The van der Waals surface area contributed by atoms with Crippen LogP contribution < -0.4 is 4.74 Å². The minimum Gasteiger partial charge on any atom is -0.490 e. The number of methoxy groups -OCH3 is 2. The third-order valence-electron chi connectivity index (χ3n) is 4.30. The zero-order valence-electron chi connectivity index (χ0n) is 14.4. The van der Waals surface area contributed by atoms with Crippen molar-refractivity contribution in [2.75, 3.05) is 27.4 Å². The minimum absolute atomic E-state index is 0.0349. The molecule has 2 atom stereocenters. The number of hydrogen-bond acceptors (Lipinski definition) is 5. The van der Waals surface area contributed by atoms with Gasteiger partial charge in [0.1, 0.15) is 12.4 Å². The SMILES string of the molecule is CCc1ccc(OC[C@H](C)OC)c(C2(C(=O)OC)CCCO2)c1. The van der Waals surface area contributed by atoms with E-state index in [1.165, 1.54) is 7.11 Å². The Morgan fingerprint density at radius 3 is 2.74 bits per heavy atom. The molecule has 1 aliphatic heterocycles. The van der Waals surface area contributed by atoms with Gasteiger partial charge in [0.05, 0.1) is 13.2 Å². The Morgan fingerprint density at radius 2 is 2.17 bits per heavy atom. The Morgan fingerprint density at radius 1 is 1.39 bits per heavy atom. The average Bonchev–Trinajstić information content (AvgIpc) is 3.09. The summed E-state index contributed by atoms with van der Waals surface area (Å²) in [5.41, 5.74) is 0.821. The van der Waals surface area contributed by atoms with Gasteiger partial charge in [0, 0.05) is 19.3 Å². The van der Waals surface area contributed by atoms with Gasteiger partial charge >= 0.3 is 5.97 Å². The molecule has 1 aliphatic rings. The number of benzene rings is 1. The number of esters is 1. The lowest BCUT2D eigenvalue weighted by molar-refractivity contribution is -0.165. The fourth-order valence-corrected chi connectivity index (χ4v) is 2.80. The van der Waals surface area contributed by atoms with Crippen molar-refractivity contribution >= 4 is 5.97 Å². The van der Waals surface area contributed by atoms with Crippen LogP contribution in [0.3, 0.4) is 0 Å². The third-order valence-corrected chi connectivity index (χ3v) is 4.30. The Kier molecular flexibility index (Phi) is 6.02. The third kappa shape index (κ3) is 3.67. The quantitative estimate of drug-likeness (QED) is 0.723. The molecular formula is C18H26O5. The Bertz CT molecular complexity index is 534. The molecule has 0 aliphatic carbocycles. The zero-order valence-corrected chi connectivity index (χ0v) is 14.4. The van der Waals surface area contributed by atoms with Gasteiger partial charge in [-0.25, -0.2) is 4.79 Å². The van der Waals surface area contributed by atoms with E-state index in [-0.39, 0.29) is 12.1 Å². The van der Waals surface area contributed by atoms with Crippen LogP contribution in [-0.4, -0.2) is 39.5 Å². The van der Waals surface area contributed by atoms with Crippen molar-refractivity contribution in [3.8, 4) is 5.75 Å². The van der Waals surface area contributed by atoms with E-state index >= 15 is 0 Å². The van der Waals surface area contributed by atoms with Crippen molar-refractivity contribution in [1.29, 1.82) is 0 Å². The molecule has 1 unspecified atom stereocenters. The predicted molar refractivity (Wildman–Crippen MR) is 86.7 cm³/mol. The number of ether oxygens (including phenoxy) is 4. The van der Waals surface area contributed by atoms with E-state index in [9.17, 15) is 4.79 Å². The summed E-state index contributed by atoms with van der Waals surface area (Å²) in [6, 6.07) is 5.91. The highest BCUT2D eigenvalue weighted by atomic mass is 16.6. The minimum atomic E-state index is -1.06. The van der Waals surface area contributed by atoms with E-state index in [0.29, 0.717) is 25.4 Å². The summed E-state index contributed by atoms with van der Waals surface area (Å²) in [5, 5.41) is 0. The molecule has 0 N–H and O–H groups in total. The summed E-state index contributed by atoms with van der Waals surface area (Å²) in [6.07, 6.45) is 2.26. The van der Waals surface area contributed by atoms with Gasteiger partial charge in [0.15, 0.2) is 5.60 Å². The Labute approximate surface area is 137 Å². The zero-order chi connectivity index (χ0) is 16.9. The first kappa shape index (κ1) is 17.8. The summed E-state index contributed by atoms with van der Waals surface area (Å²) in [4.78, 5) is 12.5. The average molecular weight is 322 g/mol. The summed E-state index contributed by atoms with van der Waals surface area (Å²) in [7, 11) is 3.04. The molecule has 5 heteroatoms. The van der Waals surface area contributed by atoms with Crippen LogP contribution in [0.4, 0.5) is 0 Å². The van der Waals surface area contributed by atoms with Gasteiger partial charge in [-0.1, -0.05) is 13.0 Å². The monoisotopic (exact) mass is 322 g/mol. The van der Waals surface area contributed by atoms with Crippen LogP contribution in [0.15, 0.2) is 18.2 Å². The standard InChI is InChI=1S/C18H26O5/c1-5-14-7-8-16(22-12-13(2)20-3)15(11-14)18(17(19)21-4)9-6-10-23-18/h7-8,11,13H,5-6,9-10,12H2,1-4H3/t13-,18?/m0/s1. The molecule has 0 bridgehead atoms. The largest absolute Gasteiger partial charge is 0.490 e. The molecule has 0 amide bonds. The van der Waals surface area contributed by atoms with E-state index in [4.69, 9.17) is 18.9 Å². The van der Waals surface area contributed by atoms with Crippen LogP contribution in [0.1, 0.15) is 37.8 Å². The topological polar surface area (TPSA) is 54.0 Å². The van der Waals surface area contributed by atoms with E-state index in [0.717, 1.165) is 24.0 Å². The maximum absolute atomic E-state index is 12.5. The smallest absolute Gasteiger partial charge is 0.342 e. The van der Waals surface area contributed by atoms with Crippen LogP contribution in [0, 0.1) is 0 Å². The summed E-state index contributed by atoms with van der Waals surface area (Å²) in [6.45, 7) is 4.96. The van der Waals surface area contributed by atoms with Gasteiger partial charge in [0.2, 0.25) is 0 Å². The molecule has 0 saturated carbocycles. The second kappa shape index (κ2) is 7.79. The molecule has 0 radical (unpaired) electrons. The van der Waals surface area contributed by atoms with Crippen molar-refractivity contribution < 1.29 is 23.7 Å². The van der Waals surface area contributed by atoms with Crippen LogP contribution in [-0.2, 0) is 31.0 Å². The van der Waals surface area contributed by atoms with Crippen LogP contribution in [0.5, 0.6) is 5.75 Å². The molecule has 2 rings (SSSR count). The van der Waals surface area contributed by atoms with E-state index in [1.54, 1.807) is 7.11 Å². The lowest BCUT2D eigenvalue weighted by Gasteiger charge is -2.28. The molecule has 128 valence electrons. The van der Waals surface area contributed by atoms with Crippen LogP contribution >= 0.6 is 0 Å². The molecule has 1 saturated heterocycles. The lowest BCUT2D eigenvalue weighted by atomic mass is 9.88. The van der Waals surface area contributed by atoms with Gasteiger partial charge in [-0.3, -0.25) is 0 Å². The van der Waals surface area contributed by atoms with Gasteiger partial charge < -0.3 is 18.9 Å². The maximum atomic E-state index is 12.5. The Balaban J connectivity index is 2.42. The van der Waals surface area contributed by atoms with E-state index in [1.807, 2.05) is 25.1 Å². The van der Waals surface area contributed by atoms with Crippen molar-refractivity contribution in [2.24, 2.45) is 0 Å². The van der Waals surface area contributed by atoms with Crippen LogP contribution in [0.2, 0.25) is 0 Å². The fourth-order valence-electron chi connectivity index (χ4n) is 2.80. The molecule has 0 aromatic heterocycles. The van der Waals surface area contributed by atoms with E-state index < -0.39 is 5.60 Å². The molecule has 1 aromatic carbocycles. The summed E-state index contributed by atoms with van der Waals surface area (Å²) < 4.78 is 22.0. The molecule has 23 heavy (non-hydrogen) atoms. The molecule has 0 spiro atoms. The van der Waals surface area contributed by atoms with Gasteiger partial charge in [-0.05, 0) is 43.9 Å². The highest BCUT2D eigenvalue weighted by Gasteiger charge is 2.47. The van der Waals surface area contributed by atoms with Crippen molar-refractivity contribution in [3.63, 3.8) is 0 Å². The van der Waals surface area contributed by atoms with Gasteiger partial charge in [-0.2, -0.15) is 0 Å². The lowest BCUT2D eigenvalue weighted by Crippen LogP contribution is -2.37. The molecule has 1 heterocycles. The molecule has 5 nitrogen and oxygen atoms in total. The first-order chi connectivity index (χ1) is 11.1. The highest BCUT2D eigenvalue weighted by Crippen LogP contribution is 2.42. The fraction of sp³-hybridized carbons (Fsp3) is 0.611. The van der Waals surface area contributed by atoms with Crippen molar-refractivity contribution in [1.82, 2.24) is 0 Å². The number of carbonyl (C=O) groups excluding carboxylic acids is 1. The van der Waals surface area contributed by atoms with Crippen molar-refractivity contribution in [3.05, 3.63) is 29.3 Å². The van der Waals surface area contributed by atoms with E-state index in [2.05, 4.69) is 6.92 Å². The van der Waals surface area contributed by atoms with Gasteiger partial charge in [-0.15, -0.1) is 0 Å². The first-order valence-corrected chi connectivity index (χ1v) is 8.08. The first-order valence-electron chi connectivity index (χ1n) is 8.08.